The Morgan fingerprint density at radius 1 is 1.19 bits per heavy atom. The number of carbonyl (C=O) groups is 2. The lowest BCUT2D eigenvalue weighted by Gasteiger charge is -2.14. The van der Waals surface area contributed by atoms with Gasteiger partial charge >= 0.3 is 11.8 Å². The van der Waals surface area contributed by atoms with E-state index in [-0.39, 0.29) is 6.04 Å². The molecule has 21 heavy (non-hydrogen) atoms. The summed E-state index contributed by atoms with van der Waals surface area (Å²) in [5, 5.41) is 5.25. The predicted octanol–water partition coefficient (Wildman–Crippen LogP) is 1.58. The van der Waals surface area contributed by atoms with E-state index >= 15 is 0 Å². The minimum Gasteiger partial charge on any atom is -0.385 e. The Balaban J connectivity index is 2.43. The number of hydrogen-bond donors (Lipinski definition) is 2. The number of methoxy groups -OCH3 is 1. The smallest absolute Gasteiger partial charge is 0.309 e. The minimum absolute atomic E-state index is 0.201. The molecule has 0 saturated heterocycles. The molecule has 0 saturated carbocycles. The number of rotatable bonds is 7. The summed E-state index contributed by atoms with van der Waals surface area (Å²) >= 11 is 0. The van der Waals surface area contributed by atoms with Crippen molar-refractivity contribution in [2.45, 2.75) is 32.7 Å². The Morgan fingerprint density at radius 3 is 2.43 bits per heavy atom. The monoisotopic (exact) mass is 292 g/mol. The standard InChI is InChI=1S/C16H24N2O3/c1-4-13-6-8-14(9-7-13)12(2)18-16(20)15(19)17-10-5-11-21-3/h6-9,12H,4-5,10-11H2,1-3H3,(H,17,19)(H,18,20). The third-order valence-corrected chi connectivity index (χ3v) is 3.25. The Morgan fingerprint density at radius 2 is 1.86 bits per heavy atom. The van der Waals surface area contributed by atoms with Crippen molar-refractivity contribution in [2.75, 3.05) is 20.3 Å². The van der Waals surface area contributed by atoms with Crippen LogP contribution in [0.25, 0.3) is 0 Å². The lowest BCUT2D eigenvalue weighted by Crippen LogP contribution is -2.41. The Hall–Kier alpha value is -1.88. The van der Waals surface area contributed by atoms with Crippen molar-refractivity contribution in [3.05, 3.63) is 35.4 Å². The molecule has 1 unspecified atom stereocenters. The van der Waals surface area contributed by atoms with E-state index in [0.29, 0.717) is 19.6 Å². The Labute approximate surface area is 126 Å². The van der Waals surface area contributed by atoms with E-state index < -0.39 is 11.8 Å². The van der Waals surface area contributed by atoms with Crippen LogP contribution in [0.4, 0.5) is 0 Å². The predicted molar refractivity (Wildman–Crippen MR) is 81.9 cm³/mol. The molecule has 1 atom stereocenters. The van der Waals surface area contributed by atoms with E-state index in [1.54, 1.807) is 7.11 Å². The molecular formula is C16H24N2O3. The van der Waals surface area contributed by atoms with Crippen molar-refractivity contribution in [1.29, 1.82) is 0 Å². The zero-order valence-corrected chi connectivity index (χ0v) is 12.9. The van der Waals surface area contributed by atoms with E-state index in [1.807, 2.05) is 31.2 Å². The molecule has 0 aliphatic heterocycles. The van der Waals surface area contributed by atoms with Crippen molar-refractivity contribution in [3.8, 4) is 0 Å². The van der Waals surface area contributed by atoms with Crippen LogP contribution in [0.3, 0.4) is 0 Å². The van der Waals surface area contributed by atoms with Crippen LogP contribution in [0.2, 0.25) is 0 Å². The van der Waals surface area contributed by atoms with Crippen LogP contribution in [-0.2, 0) is 20.7 Å². The molecule has 0 aliphatic carbocycles. The molecule has 0 bridgehead atoms. The average molecular weight is 292 g/mol. The summed E-state index contributed by atoms with van der Waals surface area (Å²) in [6.45, 7) is 4.94. The average Bonchev–Trinajstić information content (AvgIpc) is 2.51. The largest absolute Gasteiger partial charge is 0.385 e. The van der Waals surface area contributed by atoms with Crippen LogP contribution in [0.1, 0.15) is 37.4 Å². The number of amides is 2. The summed E-state index contributed by atoms with van der Waals surface area (Å²) in [6, 6.07) is 7.81. The molecule has 1 aromatic rings. The van der Waals surface area contributed by atoms with Crippen molar-refractivity contribution >= 4 is 11.8 Å². The first-order chi connectivity index (χ1) is 10.1. The van der Waals surface area contributed by atoms with Crippen LogP contribution >= 0.6 is 0 Å². The third-order valence-electron chi connectivity index (χ3n) is 3.25. The van der Waals surface area contributed by atoms with Gasteiger partial charge in [0, 0.05) is 20.3 Å². The normalized spacial score (nSPS) is 11.8. The summed E-state index contributed by atoms with van der Waals surface area (Å²) in [7, 11) is 1.60. The molecule has 0 spiro atoms. The van der Waals surface area contributed by atoms with E-state index in [9.17, 15) is 9.59 Å². The highest BCUT2D eigenvalue weighted by Gasteiger charge is 2.16. The van der Waals surface area contributed by atoms with Crippen molar-refractivity contribution in [1.82, 2.24) is 10.6 Å². The molecule has 1 rings (SSSR count). The number of benzene rings is 1. The van der Waals surface area contributed by atoms with Crippen LogP contribution in [-0.4, -0.2) is 32.1 Å². The molecule has 0 aromatic heterocycles. The maximum Gasteiger partial charge on any atom is 0.309 e. The summed E-state index contributed by atoms with van der Waals surface area (Å²) in [4.78, 5) is 23.4. The van der Waals surface area contributed by atoms with Crippen LogP contribution < -0.4 is 10.6 Å². The molecule has 2 amide bonds. The first-order valence-electron chi connectivity index (χ1n) is 7.25. The van der Waals surface area contributed by atoms with Crippen LogP contribution in [0.15, 0.2) is 24.3 Å². The number of aryl methyl sites for hydroxylation is 1. The van der Waals surface area contributed by atoms with Crippen molar-refractivity contribution < 1.29 is 14.3 Å². The van der Waals surface area contributed by atoms with Gasteiger partial charge in [-0.05, 0) is 30.9 Å². The summed E-state index contributed by atoms with van der Waals surface area (Å²) in [6.07, 6.45) is 1.66. The van der Waals surface area contributed by atoms with Crippen molar-refractivity contribution in [3.63, 3.8) is 0 Å². The number of nitrogens with one attached hydrogen (secondary N) is 2. The Kier molecular flexibility index (Phi) is 7.46. The fourth-order valence-corrected chi connectivity index (χ4v) is 1.89. The molecule has 0 fully saturated rings. The highest BCUT2D eigenvalue weighted by molar-refractivity contribution is 6.35. The Bertz CT molecular complexity index is 457. The number of carbonyl (C=O) groups excluding carboxylic acids is 2. The second-order valence-electron chi connectivity index (χ2n) is 4.89. The zero-order valence-electron chi connectivity index (χ0n) is 12.9. The van der Waals surface area contributed by atoms with E-state index in [0.717, 1.165) is 12.0 Å². The molecule has 0 radical (unpaired) electrons. The van der Waals surface area contributed by atoms with E-state index in [2.05, 4.69) is 17.6 Å². The quantitative estimate of drug-likeness (QED) is 0.592. The maximum absolute atomic E-state index is 11.8. The maximum atomic E-state index is 11.8. The van der Waals surface area contributed by atoms with Crippen LogP contribution in [0.5, 0.6) is 0 Å². The topological polar surface area (TPSA) is 67.4 Å². The fraction of sp³-hybridized carbons (Fsp3) is 0.500. The molecule has 5 heteroatoms. The first kappa shape index (κ1) is 17.2. The molecular weight excluding hydrogens is 268 g/mol. The summed E-state index contributed by atoms with van der Waals surface area (Å²) in [5.74, 6) is -1.22. The second-order valence-corrected chi connectivity index (χ2v) is 4.89. The van der Waals surface area contributed by atoms with Gasteiger partial charge < -0.3 is 15.4 Å². The first-order valence-corrected chi connectivity index (χ1v) is 7.25. The van der Waals surface area contributed by atoms with Gasteiger partial charge in [-0.1, -0.05) is 31.2 Å². The van der Waals surface area contributed by atoms with Crippen molar-refractivity contribution in [2.24, 2.45) is 0 Å². The van der Waals surface area contributed by atoms with Gasteiger partial charge in [-0.15, -0.1) is 0 Å². The van der Waals surface area contributed by atoms with Gasteiger partial charge in [0.25, 0.3) is 0 Å². The highest BCUT2D eigenvalue weighted by atomic mass is 16.5. The third kappa shape index (κ3) is 5.95. The zero-order chi connectivity index (χ0) is 15.7. The van der Waals surface area contributed by atoms with Gasteiger partial charge in [-0.2, -0.15) is 0 Å². The fourth-order valence-electron chi connectivity index (χ4n) is 1.89. The SMILES string of the molecule is CCc1ccc(C(C)NC(=O)C(=O)NCCCOC)cc1. The van der Waals surface area contributed by atoms with Gasteiger partial charge in [-0.25, -0.2) is 0 Å². The number of hydrogen-bond acceptors (Lipinski definition) is 3. The number of ether oxygens (including phenoxy) is 1. The van der Waals surface area contributed by atoms with Gasteiger partial charge in [0.05, 0.1) is 6.04 Å². The highest BCUT2D eigenvalue weighted by Crippen LogP contribution is 2.13. The van der Waals surface area contributed by atoms with E-state index in [1.165, 1.54) is 5.56 Å². The summed E-state index contributed by atoms with van der Waals surface area (Å²) < 4.78 is 4.87. The molecule has 116 valence electrons. The van der Waals surface area contributed by atoms with Gasteiger partial charge in [0.1, 0.15) is 0 Å². The lowest BCUT2D eigenvalue weighted by atomic mass is 10.1. The molecule has 0 heterocycles. The van der Waals surface area contributed by atoms with Crippen LogP contribution in [0, 0.1) is 0 Å². The van der Waals surface area contributed by atoms with E-state index in [4.69, 9.17) is 4.74 Å². The molecule has 0 aliphatic rings. The molecule has 2 N–H and O–H groups in total. The second kappa shape index (κ2) is 9.13. The minimum atomic E-state index is -0.612. The van der Waals surface area contributed by atoms with Gasteiger partial charge in [-0.3, -0.25) is 9.59 Å². The van der Waals surface area contributed by atoms with Gasteiger partial charge in [0.15, 0.2) is 0 Å². The lowest BCUT2D eigenvalue weighted by molar-refractivity contribution is -0.139. The van der Waals surface area contributed by atoms with Gasteiger partial charge in [0.2, 0.25) is 0 Å². The molecule has 1 aromatic carbocycles. The summed E-state index contributed by atoms with van der Waals surface area (Å²) in [5.41, 5.74) is 2.22. The molecule has 5 nitrogen and oxygen atoms in total.